The zero-order valence-corrected chi connectivity index (χ0v) is 18.5. The first-order chi connectivity index (χ1) is 15.4. The van der Waals surface area contributed by atoms with Gasteiger partial charge in [0.15, 0.2) is 0 Å². The molecule has 166 valence electrons. The van der Waals surface area contributed by atoms with Gasteiger partial charge in [-0.1, -0.05) is 19.1 Å². The molecule has 0 radical (unpaired) electrons. The number of aromatic nitrogens is 1. The Hall–Kier alpha value is -3.22. The van der Waals surface area contributed by atoms with E-state index in [1.165, 1.54) is 4.90 Å². The van der Waals surface area contributed by atoms with Gasteiger partial charge in [-0.15, -0.1) is 11.8 Å². The Balaban J connectivity index is 1.43. The predicted molar refractivity (Wildman–Crippen MR) is 124 cm³/mol. The van der Waals surface area contributed by atoms with E-state index in [-0.39, 0.29) is 5.91 Å². The number of H-pyrrole nitrogens is 1. The monoisotopic (exact) mass is 451 g/mol. The Morgan fingerprint density at radius 3 is 3.06 bits per heavy atom. The van der Waals surface area contributed by atoms with Gasteiger partial charge in [-0.25, -0.2) is 4.79 Å². The van der Waals surface area contributed by atoms with E-state index in [4.69, 9.17) is 10.5 Å². The van der Waals surface area contributed by atoms with E-state index in [9.17, 15) is 14.9 Å². The molecule has 32 heavy (non-hydrogen) atoms. The maximum absolute atomic E-state index is 12.7. The number of nitriles is 1. The van der Waals surface area contributed by atoms with Gasteiger partial charge in [0.2, 0.25) is 5.91 Å². The highest BCUT2D eigenvalue weighted by Crippen LogP contribution is 2.26. The number of rotatable bonds is 5. The van der Waals surface area contributed by atoms with Gasteiger partial charge < -0.3 is 20.4 Å². The van der Waals surface area contributed by atoms with Crippen molar-refractivity contribution in [3.8, 4) is 11.8 Å². The molecule has 3 atom stereocenters. The van der Waals surface area contributed by atoms with Crippen LogP contribution in [0.15, 0.2) is 48.3 Å². The van der Waals surface area contributed by atoms with Gasteiger partial charge in [0.25, 0.3) is 0 Å². The minimum absolute atomic E-state index is 0.231. The van der Waals surface area contributed by atoms with Crippen LogP contribution in [0.2, 0.25) is 0 Å². The van der Waals surface area contributed by atoms with Crippen LogP contribution in [-0.4, -0.2) is 45.6 Å². The summed E-state index contributed by atoms with van der Waals surface area (Å²) in [4.78, 5) is 29.7. The summed E-state index contributed by atoms with van der Waals surface area (Å²) in [5, 5.41) is 12.8. The molecule has 0 bridgehead atoms. The highest BCUT2D eigenvalue weighted by Gasteiger charge is 2.32. The number of hydrogen-bond acceptors (Lipinski definition) is 6. The van der Waals surface area contributed by atoms with E-state index in [0.717, 1.165) is 28.6 Å². The van der Waals surface area contributed by atoms with E-state index in [2.05, 4.69) is 23.3 Å². The van der Waals surface area contributed by atoms with Crippen molar-refractivity contribution in [2.45, 2.75) is 31.8 Å². The Bertz CT molecular complexity index is 1130. The van der Waals surface area contributed by atoms with Crippen molar-refractivity contribution in [2.24, 2.45) is 11.7 Å². The smallest absolute Gasteiger partial charge is 0.410 e. The Kier molecular flexibility index (Phi) is 6.53. The second-order valence-electron chi connectivity index (χ2n) is 8.03. The summed E-state index contributed by atoms with van der Waals surface area (Å²) in [6.45, 7) is 2.11. The summed E-state index contributed by atoms with van der Waals surface area (Å²) >= 11 is 1.55. The average Bonchev–Trinajstić information content (AvgIpc) is 3.41. The first kappa shape index (κ1) is 22.0. The molecule has 2 unspecified atom stereocenters. The third kappa shape index (κ3) is 4.82. The van der Waals surface area contributed by atoms with Gasteiger partial charge >= 0.3 is 6.09 Å². The summed E-state index contributed by atoms with van der Waals surface area (Å²) in [7, 11) is 0. The molecule has 1 aliphatic carbocycles. The SMILES string of the molecule is CC1C=CC(NC(=O)Oc2ccc3[nH]cc(C[C@H](N)C(=O)N4CSCC4C#N)c3c2)=CC1. The summed E-state index contributed by atoms with van der Waals surface area (Å²) in [6, 6.07) is 6.25. The summed E-state index contributed by atoms with van der Waals surface area (Å²) in [5.41, 5.74) is 8.62. The molecule has 2 aromatic rings. The van der Waals surface area contributed by atoms with Crippen molar-refractivity contribution < 1.29 is 14.3 Å². The molecular formula is C23H25N5O3S. The first-order valence-electron chi connectivity index (χ1n) is 10.4. The lowest BCUT2D eigenvalue weighted by molar-refractivity contribution is -0.132. The summed E-state index contributed by atoms with van der Waals surface area (Å²) < 4.78 is 5.45. The van der Waals surface area contributed by atoms with Gasteiger partial charge in [0, 0.05) is 28.5 Å². The maximum Gasteiger partial charge on any atom is 0.417 e. The highest BCUT2D eigenvalue weighted by molar-refractivity contribution is 7.99. The molecule has 2 aliphatic rings. The van der Waals surface area contributed by atoms with Crippen LogP contribution in [0.5, 0.6) is 5.75 Å². The van der Waals surface area contributed by atoms with Crippen LogP contribution in [0, 0.1) is 17.2 Å². The fraction of sp³-hybridized carbons (Fsp3) is 0.348. The fourth-order valence-corrected chi connectivity index (χ4v) is 4.85. The van der Waals surface area contributed by atoms with Crippen molar-refractivity contribution >= 4 is 34.7 Å². The number of carbonyl (C=O) groups excluding carboxylic acids is 2. The van der Waals surface area contributed by atoms with Crippen LogP contribution in [0.4, 0.5) is 4.79 Å². The van der Waals surface area contributed by atoms with E-state index in [0.29, 0.717) is 29.7 Å². The van der Waals surface area contributed by atoms with Crippen molar-refractivity contribution in [1.29, 1.82) is 5.26 Å². The van der Waals surface area contributed by atoms with Crippen molar-refractivity contribution in [1.82, 2.24) is 15.2 Å². The maximum atomic E-state index is 12.7. The van der Waals surface area contributed by atoms with Gasteiger partial charge in [-0.05, 0) is 48.6 Å². The van der Waals surface area contributed by atoms with E-state index < -0.39 is 18.2 Å². The van der Waals surface area contributed by atoms with Crippen LogP contribution in [0.1, 0.15) is 18.9 Å². The van der Waals surface area contributed by atoms with E-state index in [1.54, 1.807) is 30.1 Å². The summed E-state index contributed by atoms with van der Waals surface area (Å²) in [6.07, 6.45) is 8.30. The molecule has 8 nitrogen and oxygen atoms in total. The lowest BCUT2D eigenvalue weighted by atomic mass is 10.0. The van der Waals surface area contributed by atoms with Gasteiger partial charge in [0.05, 0.1) is 18.0 Å². The first-order valence-corrected chi connectivity index (χ1v) is 11.6. The second-order valence-corrected chi connectivity index (χ2v) is 9.03. The molecule has 0 saturated carbocycles. The number of amides is 2. The van der Waals surface area contributed by atoms with Crippen molar-refractivity contribution in [3.63, 3.8) is 0 Å². The highest BCUT2D eigenvalue weighted by atomic mass is 32.2. The number of aromatic amines is 1. The predicted octanol–water partition coefficient (Wildman–Crippen LogP) is 3.03. The topological polar surface area (TPSA) is 124 Å². The Labute approximate surface area is 190 Å². The Morgan fingerprint density at radius 2 is 2.31 bits per heavy atom. The molecule has 1 aliphatic heterocycles. The number of carbonyl (C=O) groups is 2. The number of allylic oxidation sites excluding steroid dienone is 3. The van der Waals surface area contributed by atoms with Crippen LogP contribution in [0.25, 0.3) is 10.9 Å². The number of fused-ring (bicyclic) bond motifs is 1. The number of hydrogen-bond donors (Lipinski definition) is 3. The lowest BCUT2D eigenvalue weighted by Gasteiger charge is -2.22. The molecule has 1 fully saturated rings. The average molecular weight is 452 g/mol. The minimum Gasteiger partial charge on any atom is -0.410 e. The second kappa shape index (κ2) is 9.51. The van der Waals surface area contributed by atoms with Gasteiger partial charge in [0.1, 0.15) is 11.8 Å². The van der Waals surface area contributed by atoms with Crippen LogP contribution in [-0.2, 0) is 11.2 Å². The van der Waals surface area contributed by atoms with E-state index in [1.807, 2.05) is 24.3 Å². The molecule has 4 N–H and O–H groups in total. The fourth-order valence-electron chi connectivity index (χ4n) is 3.76. The van der Waals surface area contributed by atoms with Gasteiger partial charge in [-0.3, -0.25) is 10.1 Å². The molecule has 1 aromatic heterocycles. The van der Waals surface area contributed by atoms with Crippen LogP contribution in [0.3, 0.4) is 0 Å². The largest absolute Gasteiger partial charge is 0.417 e. The zero-order chi connectivity index (χ0) is 22.7. The zero-order valence-electron chi connectivity index (χ0n) is 17.7. The molecule has 4 rings (SSSR count). The number of nitrogens with one attached hydrogen (secondary N) is 2. The lowest BCUT2D eigenvalue weighted by Crippen LogP contribution is -2.47. The number of ether oxygens (including phenoxy) is 1. The van der Waals surface area contributed by atoms with Crippen LogP contribution < -0.4 is 15.8 Å². The normalized spacial score (nSPS) is 21.2. The Morgan fingerprint density at radius 1 is 1.47 bits per heavy atom. The molecular weight excluding hydrogens is 426 g/mol. The molecule has 9 heteroatoms. The molecule has 0 spiro atoms. The molecule has 2 amide bonds. The standard InChI is InChI=1S/C23H25N5O3S/c1-14-2-4-16(5-3-14)27-23(30)31-18-6-7-21-19(9-18)15(11-26-21)8-20(25)22(29)28-13-32-12-17(28)10-24/h2,4-7,9,11,14,17,20,26H,3,8,12-13,25H2,1H3,(H,27,30)/t14?,17?,20-/m0/s1. The van der Waals surface area contributed by atoms with Gasteiger partial charge in [-0.2, -0.15) is 5.26 Å². The summed E-state index contributed by atoms with van der Waals surface area (Å²) in [5.74, 6) is 1.71. The molecule has 2 heterocycles. The van der Waals surface area contributed by atoms with Crippen molar-refractivity contribution in [3.05, 3.63) is 53.9 Å². The molecule has 1 aromatic carbocycles. The minimum atomic E-state index is -0.760. The third-order valence-electron chi connectivity index (χ3n) is 5.58. The molecule has 1 saturated heterocycles. The number of thioether (sulfide) groups is 1. The van der Waals surface area contributed by atoms with E-state index >= 15 is 0 Å². The number of benzene rings is 1. The third-order valence-corrected chi connectivity index (χ3v) is 6.59. The quantitative estimate of drug-likeness (QED) is 0.642. The number of nitrogens with zero attached hydrogens (tertiary/aromatic N) is 2. The van der Waals surface area contributed by atoms with Crippen LogP contribution >= 0.6 is 11.8 Å². The number of nitrogens with two attached hydrogens (primary N) is 1. The van der Waals surface area contributed by atoms with Crippen molar-refractivity contribution in [2.75, 3.05) is 11.6 Å².